The van der Waals surface area contributed by atoms with Crippen molar-refractivity contribution in [2.75, 3.05) is 19.8 Å². The van der Waals surface area contributed by atoms with E-state index < -0.39 is 5.79 Å². The van der Waals surface area contributed by atoms with Gasteiger partial charge in [0.05, 0.1) is 13.2 Å². The van der Waals surface area contributed by atoms with Gasteiger partial charge < -0.3 is 14.2 Å². The Labute approximate surface area is 109 Å². The fourth-order valence-electron chi connectivity index (χ4n) is 2.02. The van der Waals surface area contributed by atoms with Gasteiger partial charge in [-0.05, 0) is 24.5 Å². The Morgan fingerprint density at radius 2 is 1.83 bits per heavy atom. The van der Waals surface area contributed by atoms with Gasteiger partial charge in [-0.25, -0.2) is 0 Å². The van der Waals surface area contributed by atoms with Gasteiger partial charge in [-0.2, -0.15) is 0 Å². The minimum absolute atomic E-state index is 0.462. The lowest BCUT2D eigenvalue weighted by molar-refractivity contribution is -0.183. The molecular weight excluding hydrogens is 228 g/mol. The molecule has 0 radical (unpaired) electrons. The van der Waals surface area contributed by atoms with Gasteiger partial charge in [-0.1, -0.05) is 32.0 Å². The summed E-state index contributed by atoms with van der Waals surface area (Å²) in [5.41, 5.74) is 0. The average Bonchev–Trinajstić information content (AvgIpc) is 2.85. The smallest absolute Gasteiger partial charge is 0.203 e. The van der Waals surface area contributed by atoms with E-state index in [1.165, 1.54) is 0 Å². The van der Waals surface area contributed by atoms with Gasteiger partial charge in [0.1, 0.15) is 12.4 Å². The Hall–Kier alpha value is -1.06. The van der Waals surface area contributed by atoms with Crippen LogP contribution in [0.4, 0.5) is 0 Å². The molecule has 0 aromatic heterocycles. The number of ether oxygens (including phenoxy) is 3. The zero-order chi connectivity index (χ0) is 12.8. The van der Waals surface area contributed by atoms with Crippen LogP contribution in [0.1, 0.15) is 26.7 Å². The van der Waals surface area contributed by atoms with Crippen LogP contribution in [0.15, 0.2) is 30.3 Å². The van der Waals surface area contributed by atoms with Gasteiger partial charge in [0, 0.05) is 6.42 Å². The first kappa shape index (κ1) is 13.4. The van der Waals surface area contributed by atoms with Gasteiger partial charge in [-0.15, -0.1) is 0 Å². The first-order valence-electron chi connectivity index (χ1n) is 6.66. The third kappa shape index (κ3) is 3.72. The van der Waals surface area contributed by atoms with Crippen molar-refractivity contribution in [2.45, 2.75) is 32.5 Å². The van der Waals surface area contributed by atoms with E-state index in [2.05, 4.69) is 13.8 Å². The lowest BCUT2D eigenvalue weighted by Crippen LogP contribution is -2.37. The van der Waals surface area contributed by atoms with E-state index in [0.29, 0.717) is 25.7 Å². The van der Waals surface area contributed by atoms with Crippen LogP contribution in [0.3, 0.4) is 0 Å². The molecule has 3 heteroatoms. The zero-order valence-corrected chi connectivity index (χ0v) is 11.2. The summed E-state index contributed by atoms with van der Waals surface area (Å²) in [6.07, 6.45) is 1.97. The molecule has 1 aliphatic rings. The monoisotopic (exact) mass is 250 g/mol. The molecule has 100 valence electrons. The van der Waals surface area contributed by atoms with E-state index in [4.69, 9.17) is 14.2 Å². The molecule has 1 saturated heterocycles. The molecule has 2 rings (SSSR count). The fourth-order valence-corrected chi connectivity index (χ4v) is 2.02. The molecule has 0 bridgehead atoms. The summed E-state index contributed by atoms with van der Waals surface area (Å²) in [5, 5.41) is 0. The van der Waals surface area contributed by atoms with Crippen molar-refractivity contribution in [3.63, 3.8) is 0 Å². The number of hydrogen-bond acceptors (Lipinski definition) is 3. The molecule has 18 heavy (non-hydrogen) atoms. The van der Waals surface area contributed by atoms with E-state index in [1.807, 2.05) is 30.3 Å². The molecule has 0 N–H and O–H groups in total. The van der Waals surface area contributed by atoms with Crippen LogP contribution in [0.5, 0.6) is 5.75 Å². The highest BCUT2D eigenvalue weighted by atomic mass is 16.8. The van der Waals surface area contributed by atoms with Crippen LogP contribution in [0.25, 0.3) is 0 Å². The lowest BCUT2D eigenvalue weighted by Gasteiger charge is -2.28. The Balaban J connectivity index is 1.90. The van der Waals surface area contributed by atoms with Crippen LogP contribution < -0.4 is 4.74 Å². The summed E-state index contributed by atoms with van der Waals surface area (Å²) in [5.74, 6) is 0.965. The Bertz CT molecular complexity index is 342. The molecule has 0 amide bonds. The number of benzene rings is 1. The number of rotatable bonds is 6. The van der Waals surface area contributed by atoms with Crippen LogP contribution >= 0.6 is 0 Å². The van der Waals surface area contributed by atoms with Crippen molar-refractivity contribution in [2.24, 2.45) is 5.92 Å². The van der Waals surface area contributed by atoms with Crippen molar-refractivity contribution in [1.82, 2.24) is 0 Å². The Morgan fingerprint density at radius 1 is 1.17 bits per heavy atom. The highest BCUT2D eigenvalue weighted by Gasteiger charge is 2.37. The second-order valence-electron chi connectivity index (χ2n) is 5.14. The van der Waals surface area contributed by atoms with Crippen LogP contribution in [-0.2, 0) is 9.47 Å². The highest BCUT2D eigenvalue weighted by Crippen LogP contribution is 2.28. The van der Waals surface area contributed by atoms with Crippen LogP contribution in [0, 0.1) is 5.92 Å². The van der Waals surface area contributed by atoms with Gasteiger partial charge in [0.2, 0.25) is 5.79 Å². The first-order chi connectivity index (χ1) is 8.70. The Morgan fingerprint density at radius 3 is 2.44 bits per heavy atom. The standard InChI is InChI=1S/C15H22O3/c1-13(2)8-9-15(17-10-11-18-15)12-16-14-6-4-3-5-7-14/h3-7,13H,8-12H2,1-2H3. The fraction of sp³-hybridized carbons (Fsp3) is 0.600. The van der Waals surface area contributed by atoms with E-state index in [1.54, 1.807) is 0 Å². The van der Waals surface area contributed by atoms with E-state index in [0.717, 1.165) is 18.6 Å². The average molecular weight is 250 g/mol. The molecule has 1 aliphatic heterocycles. The maximum Gasteiger partial charge on any atom is 0.203 e. The van der Waals surface area contributed by atoms with Crippen molar-refractivity contribution < 1.29 is 14.2 Å². The Kier molecular flexibility index (Phi) is 4.61. The lowest BCUT2D eigenvalue weighted by atomic mass is 10.0. The summed E-state index contributed by atoms with van der Waals surface area (Å²) in [6.45, 7) is 6.21. The molecule has 1 aromatic carbocycles. The molecule has 0 aliphatic carbocycles. The SMILES string of the molecule is CC(C)CCC1(COc2ccccc2)OCCO1. The molecule has 3 nitrogen and oxygen atoms in total. The quantitative estimate of drug-likeness (QED) is 0.775. The minimum atomic E-state index is -0.542. The van der Waals surface area contributed by atoms with Gasteiger partial charge >= 0.3 is 0 Å². The van der Waals surface area contributed by atoms with E-state index >= 15 is 0 Å². The third-order valence-electron chi connectivity index (χ3n) is 3.12. The van der Waals surface area contributed by atoms with Crippen LogP contribution in [0.2, 0.25) is 0 Å². The van der Waals surface area contributed by atoms with Crippen molar-refractivity contribution in [3.05, 3.63) is 30.3 Å². The van der Waals surface area contributed by atoms with Crippen molar-refractivity contribution >= 4 is 0 Å². The molecular formula is C15H22O3. The van der Waals surface area contributed by atoms with Crippen molar-refractivity contribution in [1.29, 1.82) is 0 Å². The first-order valence-corrected chi connectivity index (χ1v) is 6.66. The molecule has 0 atom stereocenters. The minimum Gasteiger partial charge on any atom is -0.488 e. The molecule has 1 aromatic rings. The molecule has 1 fully saturated rings. The summed E-state index contributed by atoms with van der Waals surface area (Å²) in [7, 11) is 0. The predicted molar refractivity (Wildman–Crippen MR) is 70.6 cm³/mol. The molecule has 0 spiro atoms. The summed E-state index contributed by atoms with van der Waals surface area (Å²) < 4.78 is 17.3. The maximum absolute atomic E-state index is 5.78. The van der Waals surface area contributed by atoms with E-state index in [-0.39, 0.29) is 0 Å². The second-order valence-corrected chi connectivity index (χ2v) is 5.14. The van der Waals surface area contributed by atoms with Gasteiger partial charge in [0.15, 0.2) is 0 Å². The molecule has 0 saturated carbocycles. The van der Waals surface area contributed by atoms with Gasteiger partial charge in [-0.3, -0.25) is 0 Å². The molecule has 0 unspecified atom stereocenters. The van der Waals surface area contributed by atoms with Crippen molar-refractivity contribution in [3.8, 4) is 5.75 Å². The second kappa shape index (κ2) is 6.21. The maximum atomic E-state index is 5.78. The number of hydrogen-bond donors (Lipinski definition) is 0. The normalized spacial score (nSPS) is 18.2. The largest absolute Gasteiger partial charge is 0.488 e. The zero-order valence-electron chi connectivity index (χ0n) is 11.2. The predicted octanol–water partition coefficient (Wildman–Crippen LogP) is 3.24. The van der Waals surface area contributed by atoms with Crippen LogP contribution in [-0.4, -0.2) is 25.6 Å². The topological polar surface area (TPSA) is 27.7 Å². The molecule has 1 heterocycles. The van der Waals surface area contributed by atoms with E-state index in [9.17, 15) is 0 Å². The summed E-state index contributed by atoms with van der Waals surface area (Å²) >= 11 is 0. The summed E-state index contributed by atoms with van der Waals surface area (Å²) in [6, 6.07) is 9.80. The highest BCUT2D eigenvalue weighted by molar-refractivity contribution is 5.21. The summed E-state index contributed by atoms with van der Waals surface area (Å²) in [4.78, 5) is 0. The number of para-hydroxylation sites is 1. The van der Waals surface area contributed by atoms with Gasteiger partial charge in [0.25, 0.3) is 0 Å². The third-order valence-corrected chi connectivity index (χ3v) is 3.12.